The maximum atomic E-state index is 11.8. The Bertz CT molecular complexity index is 286. The fourth-order valence-corrected chi connectivity index (χ4v) is 2.14. The quantitative estimate of drug-likeness (QED) is 0.642. The van der Waals surface area contributed by atoms with Crippen molar-refractivity contribution in [2.45, 2.75) is 19.4 Å². The third-order valence-electron chi connectivity index (χ3n) is 3.12. The summed E-state index contributed by atoms with van der Waals surface area (Å²) >= 11 is 0. The number of hydrogen-bond acceptors (Lipinski definition) is 3. The van der Waals surface area contributed by atoms with Crippen molar-refractivity contribution in [3.05, 3.63) is 0 Å². The van der Waals surface area contributed by atoms with E-state index in [-0.39, 0.29) is 23.8 Å². The van der Waals surface area contributed by atoms with Gasteiger partial charge in [-0.1, -0.05) is 0 Å². The Morgan fingerprint density at radius 1 is 1.47 bits per heavy atom. The first-order valence-corrected chi connectivity index (χ1v) is 5.36. The van der Waals surface area contributed by atoms with Crippen molar-refractivity contribution in [1.82, 2.24) is 9.80 Å². The molecular formula is C10H16N2O3. The lowest BCUT2D eigenvalue weighted by atomic mass is 10.0. The van der Waals surface area contributed by atoms with Crippen LogP contribution < -0.4 is 0 Å². The maximum Gasteiger partial charge on any atom is 0.228 e. The molecule has 2 fully saturated rings. The van der Waals surface area contributed by atoms with Crippen LogP contribution in [0, 0.1) is 5.92 Å². The molecule has 1 N–H and O–H groups in total. The number of carbonyl (C=O) groups excluding carboxylic acids is 2. The summed E-state index contributed by atoms with van der Waals surface area (Å²) in [4.78, 5) is 26.6. The second-order valence-electron chi connectivity index (χ2n) is 4.23. The summed E-state index contributed by atoms with van der Waals surface area (Å²) in [5, 5.41) is 9.09. The van der Waals surface area contributed by atoms with Crippen LogP contribution in [0.4, 0.5) is 0 Å². The number of carbonyl (C=O) groups is 2. The predicted octanol–water partition coefficient (Wildman–Crippen LogP) is -0.942. The minimum atomic E-state index is -0.367. The van der Waals surface area contributed by atoms with Gasteiger partial charge in [0, 0.05) is 32.6 Å². The van der Waals surface area contributed by atoms with Crippen molar-refractivity contribution in [3.63, 3.8) is 0 Å². The normalized spacial score (nSPS) is 27.1. The number of hydrogen-bond donors (Lipinski definition) is 1. The molecule has 5 heteroatoms. The van der Waals surface area contributed by atoms with Gasteiger partial charge < -0.3 is 14.9 Å². The summed E-state index contributed by atoms with van der Waals surface area (Å²) in [6.45, 7) is 3.98. The van der Waals surface area contributed by atoms with Crippen LogP contribution >= 0.6 is 0 Å². The zero-order valence-electron chi connectivity index (χ0n) is 8.85. The molecular weight excluding hydrogens is 196 g/mol. The average molecular weight is 212 g/mol. The van der Waals surface area contributed by atoms with E-state index in [0.29, 0.717) is 32.6 Å². The SMILES string of the molecule is CCN1CC(C(=O)N2CC(O)C2)CC1=O. The van der Waals surface area contributed by atoms with Crippen LogP contribution in [0.3, 0.4) is 0 Å². The molecule has 0 aromatic carbocycles. The van der Waals surface area contributed by atoms with E-state index in [9.17, 15) is 9.59 Å². The Kier molecular flexibility index (Phi) is 2.65. The Hall–Kier alpha value is -1.10. The summed E-state index contributed by atoms with van der Waals surface area (Å²) in [5.41, 5.74) is 0. The summed E-state index contributed by atoms with van der Waals surface area (Å²) in [7, 11) is 0. The number of likely N-dealkylation sites (tertiary alicyclic amines) is 2. The molecule has 84 valence electrons. The van der Waals surface area contributed by atoms with Gasteiger partial charge in [0.15, 0.2) is 0 Å². The number of rotatable bonds is 2. The van der Waals surface area contributed by atoms with Gasteiger partial charge in [-0.3, -0.25) is 9.59 Å². The van der Waals surface area contributed by atoms with Gasteiger partial charge in [0.2, 0.25) is 11.8 Å². The topological polar surface area (TPSA) is 60.9 Å². The van der Waals surface area contributed by atoms with Crippen LogP contribution in [0.5, 0.6) is 0 Å². The molecule has 15 heavy (non-hydrogen) atoms. The highest BCUT2D eigenvalue weighted by molar-refractivity contribution is 5.89. The van der Waals surface area contributed by atoms with Crippen molar-refractivity contribution in [1.29, 1.82) is 0 Å². The third kappa shape index (κ3) is 1.84. The van der Waals surface area contributed by atoms with Gasteiger partial charge in [-0.05, 0) is 6.92 Å². The van der Waals surface area contributed by atoms with Gasteiger partial charge in [0.05, 0.1) is 12.0 Å². The van der Waals surface area contributed by atoms with Crippen LogP contribution in [-0.4, -0.2) is 59.0 Å². The lowest BCUT2D eigenvalue weighted by molar-refractivity contribution is -0.145. The lowest BCUT2D eigenvalue weighted by Gasteiger charge is -2.37. The molecule has 2 saturated heterocycles. The molecule has 2 rings (SSSR count). The number of nitrogens with zero attached hydrogens (tertiary/aromatic N) is 2. The van der Waals surface area contributed by atoms with Crippen LogP contribution in [0.1, 0.15) is 13.3 Å². The molecule has 0 saturated carbocycles. The molecule has 0 bridgehead atoms. The van der Waals surface area contributed by atoms with E-state index in [2.05, 4.69) is 0 Å². The Balaban J connectivity index is 1.90. The van der Waals surface area contributed by atoms with Gasteiger partial charge >= 0.3 is 0 Å². The number of aliphatic hydroxyl groups excluding tert-OH is 1. The molecule has 5 nitrogen and oxygen atoms in total. The third-order valence-corrected chi connectivity index (χ3v) is 3.12. The van der Waals surface area contributed by atoms with Crippen LogP contribution in [0.2, 0.25) is 0 Å². The second kappa shape index (κ2) is 3.81. The molecule has 0 spiro atoms. The first-order chi connectivity index (χ1) is 7.11. The van der Waals surface area contributed by atoms with Crippen LogP contribution in [-0.2, 0) is 9.59 Å². The monoisotopic (exact) mass is 212 g/mol. The fraction of sp³-hybridized carbons (Fsp3) is 0.800. The Morgan fingerprint density at radius 2 is 2.13 bits per heavy atom. The summed E-state index contributed by atoms with van der Waals surface area (Å²) < 4.78 is 0. The average Bonchev–Trinajstić information content (AvgIpc) is 2.54. The minimum Gasteiger partial charge on any atom is -0.389 e. The molecule has 2 aliphatic heterocycles. The van der Waals surface area contributed by atoms with Crippen molar-refractivity contribution >= 4 is 11.8 Å². The van der Waals surface area contributed by atoms with E-state index in [1.54, 1.807) is 9.80 Å². The highest BCUT2D eigenvalue weighted by atomic mass is 16.3. The fourth-order valence-electron chi connectivity index (χ4n) is 2.14. The van der Waals surface area contributed by atoms with Crippen LogP contribution in [0.15, 0.2) is 0 Å². The molecule has 1 unspecified atom stereocenters. The molecule has 2 heterocycles. The van der Waals surface area contributed by atoms with Gasteiger partial charge in [-0.15, -0.1) is 0 Å². The highest BCUT2D eigenvalue weighted by Crippen LogP contribution is 2.22. The second-order valence-corrected chi connectivity index (χ2v) is 4.23. The molecule has 0 aromatic rings. The molecule has 0 radical (unpaired) electrons. The molecule has 0 aliphatic carbocycles. The molecule has 2 amide bonds. The van der Waals surface area contributed by atoms with E-state index in [0.717, 1.165) is 0 Å². The smallest absolute Gasteiger partial charge is 0.228 e. The zero-order chi connectivity index (χ0) is 11.0. The predicted molar refractivity (Wildman–Crippen MR) is 52.9 cm³/mol. The van der Waals surface area contributed by atoms with E-state index < -0.39 is 0 Å². The Morgan fingerprint density at radius 3 is 2.60 bits per heavy atom. The van der Waals surface area contributed by atoms with E-state index in [1.165, 1.54) is 0 Å². The summed E-state index contributed by atoms with van der Waals surface area (Å²) in [6, 6.07) is 0. The molecule has 1 atom stereocenters. The standard InChI is InChI=1S/C10H16N2O3/c1-2-11-4-7(3-9(11)14)10(15)12-5-8(13)6-12/h7-8,13H,2-6H2,1H3. The maximum absolute atomic E-state index is 11.8. The number of β-amino-alcohol motifs (C(OH)–C–C–N with tert-alkyl or cyclic N) is 1. The van der Waals surface area contributed by atoms with Gasteiger partial charge in [-0.2, -0.15) is 0 Å². The van der Waals surface area contributed by atoms with Crippen molar-refractivity contribution < 1.29 is 14.7 Å². The zero-order valence-corrected chi connectivity index (χ0v) is 8.85. The number of aliphatic hydroxyl groups is 1. The van der Waals surface area contributed by atoms with Crippen LogP contribution in [0.25, 0.3) is 0 Å². The number of amides is 2. The molecule has 0 aromatic heterocycles. The van der Waals surface area contributed by atoms with Gasteiger partial charge in [0.1, 0.15) is 0 Å². The van der Waals surface area contributed by atoms with E-state index in [4.69, 9.17) is 5.11 Å². The minimum absolute atomic E-state index is 0.0181. The first-order valence-electron chi connectivity index (χ1n) is 5.36. The Labute approximate surface area is 88.6 Å². The van der Waals surface area contributed by atoms with Gasteiger partial charge in [-0.25, -0.2) is 0 Å². The summed E-state index contributed by atoms with van der Waals surface area (Å²) in [6.07, 6.45) is -0.0347. The van der Waals surface area contributed by atoms with E-state index >= 15 is 0 Å². The van der Waals surface area contributed by atoms with Crippen molar-refractivity contribution in [2.75, 3.05) is 26.2 Å². The highest BCUT2D eigenvalue weighted by Gasteiger charge is 2.39. The lowest BCUT2D eigenvalue weighted by Crippen LogP contribution is -2.55. The summed E-state index contributed by atoms with van der Waals surface area (Å²) in [5.74, 6) is -0.105. The molecule has 2 aliphatic rings. The van der Waals surface area contributed by atoms with Crippen molar-refractivity contribution in [2.24, 2.45) is 5.92 Å². The van der Waals surface area contributed by atoms with Gasteiger partial charge in [0.25, 0.3) is 0 Å². The largest absolute Gasteiger partial charge is 0.389 e. The van der Waals surface area contributed by atoms with Crippen molar-refractivity contribution in [3.8, 4) is 0 Å². The first kappa shape index (κ1) is 10.4. The van der Waals surface area contributed by atoms with E-state index in [1.807, 2.05) is 6.92 Å².